The van der Waals surface area contributed by atoms with Gasteiger partial charge in [0.15, 0.2) is 19.7 Å². The molecule has 3 heterocycles. The van der Waals surface area contributed by atoms with Gasteiger partial charge in [-0.25, -0.2) is 4.98 Å². The molecule has 0 amide bonds. The lowest BCUT2D eigenvalue weighted by Gasteiger charge is -2.41. The molecular weight excluding hydrogens is 451 g/mol. The van der Waals surface area contributed by atoms with Crippen molar-refractivity contribution in [1.82, 2.24) is 14.8 Å². The number of pyridine rings is 1. The number of furan rings is 1. The molecule has 2 N–H and O–H groups in total. The highest BCUT2D eigenvalue weighted by molar-refractivity contribution is 6.74. The van der Waals surface area contributed by atoms with Crippen LogP contribution in [0.1, 0.15) is 52.5 Å². The first kappa shape index (κ1) is 22.6. The van der Waals surface area contributed by atoms with Crippen LogP contribution in [0.25, 0.3) is 22.1 Å². The molecule has 0 unspecified atom stereocenters. The topological polar surface area (TPSA) is 79.1 Å². The number of rotatable bonds is 4. The molecule has 0 radical (unpaired) electrons. The SMILES string of the molecule is CC(C)(C)[Si](C)(C)O[C@H]1CC[C@H](n2cc(-c3cnc(N)c4oc(Cl)c(Cl)c34)cn2)CC1. The molecule has 0 saturated heterocycles. The summed E-state index contributed by atoms with van der Waals surface area (Å²) in [7, 11) is -1.74. The van der Waals surface area contributed by atoms with Gasteiger partial charge in [0.2, 0.25) is 5.22 Å². The van der Waals surface area contributed by atoms with Crippen molar-refractivity contribution in [2.45, 2.75) is 76.7 Å². The molecule has 0 aromatic carbocycles. The number of hydrogen-bond donors (Lipinski definition) is 1. The Hall–Kier alpha value is -1.54. The van der Waals surface area contributed by atoms with Crippen LogP contribution in [-0.4, -0.2) is 29.2 Å². The summed E-state index contributed by atoms with van der Waals surface area (Å²) >= 11 is 12.5. The molecule has 3 aromatic heterocycles. The third-order valence-electron chi connectivity index (χ3n) is 6.84. The maximum atomic E-state index is 6.63. The van der Waals surface area contributed by atoms with Crippen LogP contribution in [0.4, 0.5) is 5.82 Å². The standard InChI is InChI=1S/C22H30Cl2N4O2Si/c1-22(2,3)31(4,5)30-15-8-6-14(7-9-15)28-12-13(10-27-28)16-11-26-21(25)19-17(16)18(23)20(24)29-19/h10-12,14-15H,6-9H2,1-5H3,(H2,25,26)/t14-,15-. The van der Waals surface area contributed by atoms with Gasteiger partial charge in [-0.05, 0) is 55.4 Å². The fourth-order valence-electron chi connectivity index (χ4n) is 3.98. The minimum atomic E-state index is -1.74. The second-order valence-electron chi connectivity index (χ2n) is 9.97. The van der Waals surface area contributed by atoms with Crippen LogP contribution in [0.3, 0.4) is 0 Å². The van der Waals surface area contributed by atoms with E-state index in [0.717, 1.165) is 36.8 Å². The van der Waals surface area contributed by atoms with Crippen molar-refractivity contribution in [2.24, 2.45) is 0 Å². The summed E-state index contributed by atoms with van der Waals surface area (Å²) in [5.74, 6) is 0.264. The zero-order chi connectivity index (χ0) is 22.6. The van der Waals surface area contributed by atoms with Crippen molar-refractivity contribution in [3.63, 3.8) is 0 Å². The van der Waals surface area contributed by atoms with Gasteiger partial charge < -0.3 is 14.6 Å². The van der Waals surface area contributed by atoms with E-state index in [1.807, 2.05) is 12.4 Å². The highest BCUT2D eigenvalue weighted by Gasteiger charge is 2.40. The van der Waals surface area contributed by atoms with Crippen molar-refractivity contribution in [3.8, 4) is 11.1 Å². The van der Waals surface area contributed by atoms with Gasteiger partial charge in [0, 0.05) is 29.6 Å². The normalized spacial score (nSPS) is 20.5. The van der Waals surface area contributed by atoms with Crippen molar-refractivity contribution in [1.29, 1.82) is 0 Å². The Morgan fingerprint density at radius 2 is 1.84 bits per heavy atom. The minimum absolute atomic E-state index is 0.116. The molecule has 6 nitrogen and oxygen atoms in total. The Morgan fingerprint density at radius 1 is 1.16 bits per heavy atom. The summed E-state index contributed by atoms with van der Waals surface area (Å²) in [6, 6.07) is 0.355. The molecule has 1 fully saturated rings. The third-order valence-corrected chi connectivity index (χ3v) is 12.1. The van der Waals surface area contributed by atoms with Crippen molar-refractivity contribution >= 4 is 48.3 Å². The van der Waals surface area contributed by atoms with E-state index in [0.29, 0.717) is 28.1 Å². The average molecular weight is 482 g/mol. The number of fused-ring (bicyclic) bond motifs is 1. The van der Waals surface area contributed by atoms with Crippen LogP contribution in [0.5, 0.6) is 0 Å². The Bertz CT molecular complexity index is 1100. The van der Waals surface area contributed by atoms with Gasteiger partial charge in [-0.3, -0.25) is 4.68 Å². The number of hydrogen-bond acceptors (Lipinski definition) is 5. The van der Waals surface area contributed by atoms with Crippen LogP contribution in [0.2, 0.25) is 28.4 Å². The molecule has 0 spiro atoms. The molecule has 168 valence electrons. The smallest absolute Gasteiger partial charge is 0.213 e. The number of aromatic nitrogens is 3. The van der Waals surface area contributed by atoms with E-state index in [-0.39, 0.29) is 16.1 Å². The fourth-order valence-corrected chi connectivity index (χ4v) is 5.80. The van der Waals surface area contributed by atoms with Gasteiger partial charge >= 0.3 is 0 Å². The predicted octanol–water partition coefficient (Wildman–Crippen LogP) is 7.09. The average Bonchev–Trinajstić information content (AvgIpc) is 3.28. The summed E-state index contributed by atoms with van der Waals surface area (Å²) in [6.07, 6.45) is 10.1. The summed E-state index contributed by atoms with van der Waals surface area (Å²) in [6.45, 7) is 11.5. The fraction of sp³-hybridized carbons (Fsp3) is 0.545. The highest BCUT2D eigenvalue weighted by Crippen LogP contribution is 2.43. The maximum Gasteiger partial charge on any atom is 0.213 e. The quantitative estimate of drug-likeness (QED) is 0.403. The number of nitrogens with zero attached hydrogens (tertiary/aromatic N) is 3. The van der Waals surface area contributed by atoms with Crippen LogP contribution in [-0.2, 0) is 4.43 Å². The molecule has 0 bridgehead atoms. The maximum absolute atomic E-state index is 6.63. The molecule has 3 aromatic rings. The molecule has 4 rings (SSSR count). The van der Waals surface area contributed by atoms with Gasteiger partial charge in [-0.15, -0.1) is 0 Å². The zero-order valence-corrected chi connectivity index (χ0v) is 21.2. The van der Waals surface area contributed by atoms with Gasteiger partial charge in [0.1, 0.15) is 5.02 Å². The van der Waals surface area contributed by atoms with E-state index >= 15 is 0 Å². The second-order valence-corrected chi connectivity index (χ2v) is 15.4. The summed E-state index contributed by atoms with van der Waals surface area (Å²) < 4.78 is 14.2. The van der Waals surface area contributed by atoms with Crippen molar-refractivity contribution < 1.29 is 8.84 Å². The van der Waals surface area contributed by atoms with E-state index in [1.165, 1.54) is 0 Å². The molecular formula is C22H30Cl2N4O2Si. The van der Waals surface area contributed by atoms with Gasteiger partial charge in [0.25, 0.3) is 0 Å². The number of nitrogens with two attached hydrogens (primary N) is 1. The molecule has 31 heavy (non-hydrogen) atoms. The van der Waals surface area contributed by atoms with Crippen molar-refractivity contribution in [2.75, 3.05) is 5.73 Å². The monoisotopic (exact) mass is 480 g/mol. The largest absolute Gasteiger partial charge is 0.439 e. The number of nitrogen functional groups attached to an aromatic ring is 1. The third kappa shape index (κ3) is 4.25. The van der Waals surface area contributed by atoms with Crippen LogP contribution in [0.15, 0.2) is 23.0 Å². The number of anilines is 1. The molecule has 0 aliphatic heterocycles. The van der Waals surface area contributed by atoms with Crippen LogP contribution >= 0.6 is 23.2 Å². The Balaban J connectivity index is 1.50. The van der Waals surface area contributed by atoms with Crippen LogP contribution in [0, 0.1) is 0 Å². The molecule has 1 aliphatic rings. The highest BCUT2D eigenvalue weighted by atomic mass is 35.5. The van der Waals surface area contributed by atoms with Crippen molar-refractivity contribution in [3.05, 3.63) is 28.8 Å². The van der Waals surface area contributed by atoms with E-state index in [4.69, 9.17) is 37.8 Å². The Kier molecular flexibility index (Phi) is 5.92. The lowest BCUT2D eigenvalue weighted by molar-refractivity contribution is 0.115. The lowest BCUT2D eigenvalue weighted by Crippen LogP contribution is -2.44. The Morgan fingerprint density at radius 3 is 2.48 bits per heavy atom. The van der Waals surface area contributed by atoms with E-state index < -0.39 is 8.32 Å². The predicted molar refractivity (Wildman–Crippen MR) is 129 cm³/mol. The molecule has 1 aliphatic carbocycles. The first-order valence-electron chi connectivity index (χ1n) is 10.7. The van der Waals surface area contributed by atoms with Crippen LogP contribution < -0.4 is 5.73 Å². The van der Waals surface area contributed by atoms with E-state index in [2.05, 4.69) is 48.6 Å². The molecule has 0 atom stereocenters. The summed E-state index contributed by atoms with van der Waals surface area (Å²) in [5.41, 5.74) is 8.07. The van der Waals surface area contributed by atoms with E-state index in [1.54, 1.807) is 6.20 Å². The number of halogens is 2. The van der Waals surface area contributed by atoms with Gasteiger partial charge in [-0.2, -0.15) is 5.10 Å². The minimum Gasteiger partial charge on any atom is -0.439 e. The second kappa shape index (κ2) is 8.10. The van der Waals surface area contributed by atoms with Gasteiger partial charge in [0.05, 0.1) is 17.6 Å². The first-order chi connectivity index (χ1) is 14.5. The van der Waals surface area contributed by atoms with E-state index in [9.17, 15) is 0 Å². The zero-order valence-electron chi connectivity index (χ0n) is 18.7. The Labute approximate surface area is 194 Å². The molecule has 1 saturated carbocycles. The lowest BCUT2D eigenvalue weighted by atomic mass is 9.93. The first-order valence-corrected chi connectivity index (χ1v) is 14.4. The van der Waals surface area contributed by atoms with Gasteiger partial charge in [-0.1, -0.05) is 32.4 Å². The molecule has 9 heteroatoms. The summed E-state index contributed by atoms with van der Waals surface area (Å²) in [4.78, 5) is 4.24. The summed E-state index contributed by atoms with van der Waals surface area (Å²) in [5, 5.41) is 6.00.